The van der Waals surface area contributed by atoms with Crippen molar-refractivity contribution in [3.05, 3.63) is 57.0 Å². The molecule has 3 rings (SSSR count). The Balaban J connectivity index is 2.04. The number of carbonyl (C=O) groups excluding carboxylic acids is 1. The maximum atomic E-state index is 12.5. The molecule has 1 N–H and O–H groups in total. The van der Waals surface area contributed by atoms with Crippen molar-refractivity contribution in [2.45, 2.75) is 24.5 Å². The Kier molecular flexibility index (Phi) is 4.92. The van der Waals surface area contributed by atoms with E-state index in [0.717, 1.165) is 11.3 Å². The van der Waals surface area contributed by atoms with Gasteiger partial charge in [0, 0.05) is 0 Å². The van der Waals surface area contributed by atoms with E-state index in [9.17, 15) is 18.0 Å². The summed E-state index contributed by atoms with van der Waals surface area (Å²) in [5.41, 5.74) is 0.00669. The van der Waals surface area contributed by atoms with Gasteiger partial charge in [-0.25, -0.2) is 18.2 Å². The lowest BCUT2D eigenvalue weighted by molar-refractivity contribution is 0.0531. The number of nitrogens with one attached hydrogen (secondary N) is 1. The molecule has 3 aromatic rings. The number of fused-ring (bicyclic) bond motifs is 1. The van der Waals surface area contributed by atoms with Crippen molar-refractivity contribution in [1.82, 2.24) is 9.97 Å². The van der Waals surface area contributed by atoms with Crippen LogP contribution in [0.4, 0.5) is 0 Å². The Bertz CT molecular complexity index is 1130. The number of esters is 1. The molecular weight excluding hydrogens is 376 g/mol. The van der Waals surface area contributed by atoms with Crippen molar-refractivity contribution in [2.75, 3.05) is 6.61 Å². The summed E-state index contributed by atoms with van der Waals surface area (Å²) in [5, 5.41) is 0.277. The first-order valence-electron chi connectivity index (χ1n) is 7.80. The van der Waals surface area contributed by atoms with E-state index in [2.05, 4.69) is 9.97 Å². The van der Waals surface area contributed by atoms with Crippen molar-refractivity contribution < 1.29 is 17.9 Å². The Morgan fingerprint density at radius 2 is 1.96 bits per heavy atom. The first-order valence-corrected chi connectivity index (χ1v) is 10.3. The second kappa shape index (κ2) is 7.00. The third-order valence-electron chi connectivity index (χ3n) is 3.74. The van der Waals surface area contributed by atoms with Gasteiger partial charge in [-0.15, -0.1) is 11.3 Å². The number of nitrogens with zero attached hydrogens (tertiary/aromatic N) is 1. The van der Waals surface area contributed by atoms with Crippen LogP contribution < -0.4 is 5.56 Å². The maximum absolute atomic E-state index is 12.5. The number of H-pyrrole nitrogens is 1. The average Bonchev–Trinajstić information content (AvgIpc) is 2.92. The molecule has 0 aliphatic carbocycles. The topological polar surface area (TPSA) is 106 Å². The van der Waals surface area contributed by atoms with Gasteiger partial charge in [-0.1, -0.05) is 18.2 Å². The third kappa shape index (κ3) is 3.40. The van der Waals surface area contributed by atoms with Gasteiger partial charge in [0.2, 0.25) is 0 Å². The predicted octanol–water partition coefficient (Wildman–Crippen LogP) is 2.44. The lowest BCUT2D eigenvalue weighted by Crippen LogP contribution is -2.15. The molecule has 0 saturated heterocycles. The van der Waals surface area contributed by atoms with Gasteiger partial charge in [0.05, 0.1) is 16.9 Å². The molecule has 0 amide bonds. The number of sulfone groups is 1. The van der Waals surface area contributed by atoms with Gasteiger partial charge in [-0.05, 0) is 31.5 Å². The van der Waals surface area contributed by atoms with Crippen LogP contribution in [0.1, 0.15) is 28.0 Å². The smallest absolute Gasteiger partial charge is 0.348 e. The fraction of sp³-hybridized carbons (Fsp3) is 0.235. The standard InChI is InChI=1S/C17H16N2O5S2/c1-3-24-17(21)14-10(2)13-15(20)18-12(19-16(13)25-14)9-26(22,23)11-7-5-4-6-8-11/h4-8H,3,9H2,1-2H3,(H,18,19,20). The van der Waals surface area contributed by atoms with E-state index in [1.54, 1.807) is 32.0 Å². The lowest BCUT2D eigenvalue weighted by atomic mass is 10.2. The van der Waals surface area contributed by atoms with E-state index in [0.29, 0.717) is 15.3 Å². The Hall–Kier alpha value is -2.52. The molecule has 0 radical (unpaired) electrons. The maximum Gasteiger partial charge on any atom is 0.348 e. The summed E-state index contributed by atoms with van der Waals surface area (Å²) >= 11 is 1.02. The normalized spacial score (nSPS) is 11.6. The van der Waals surface area contributed by atoms with E-state index in [-0.39, 0.29) is 22.7 Å². The fourth-order valence-corrected chi connectivity index (χ4v) is 4.87. The van der Waals surface area contributed by atoms with Gasteiger partial charge in [-0.3, -0.25) is 4.79 Å². The molecule has 26 heavy (non-hydrogen) atoms. The lowest BCUT2D eigenvalue weighted by Gasteiger charge is -2.04. The molecule has 0 spiro atoms. The minimum absolute atomic E-state index is 0.0306. The molecule has 2 heterocycles. The van der Waals surface area contributed by atoms with Crippen LogP contribution in [0.25, 0.3) is 10.2 Å². The fourth-order valence-electron chi connectivity index (χ4n) is 2.54. The van der Waals surface area contributed by atoms with E-state index < -0.39 is 27.1 Å². The summed E-state index contributed by atoms with van der Waals surface area (Å²) < 4.78 is 29.9. The molecule has 0 atom stereocenters. The van der Waals surface area contributed by atoms with Gasteiger partial charge in [0.25, 0.3) is 5.56 Å². The van der Waals surface area contributed by atoms with E-state index in [1.807, 2.05) is 0 Å². The van der Waals surface area contributed by atoms with Crippen molar-refractivity contribution in [3.8, 4) is 0 Å². The van der Waals surface area contributed by atoms with E-state index in [4.69, 9.17) is 4.74 Å². The number of aromatic amines is 1. The highest BCUT2D eigenvalue weighted by Crippen LogP contribution is 2.28. The number of aromatic nitrogens is 2. The van der Waals surface area contributed by atoms with Crippen LogP contribution in [0.2, 0.25) is 0 Å². The van der Waals surface area contributed by atoms with Gasteiger partial charge in [0.1, 0.15) is 21.3 Å². The molecule has 0 unspecified atom stereocenters. The van der Waals surface area contributed by atoms with Crippen LogP contribution in [0.15, 0.2) is 40.0 Å². The molecule has 0 aliphatic rings. The van der Waals surface area contributed by atoms with Crippen LogP contribution in [0.3, 0.4) is 0 Å². The second-order valence-corrected chi connectivity index (χ2v) is 8.53. The van der Waals surface area contributed by atoms with Crippen LogP contribution >= 0.6 is 11.3 Å². The van der Waals surface area contributed by atoms with Crippen molar-refractivity contribution >= 4 is 37.4 Å². The molecular formula is C17H16N2O5S2. The molecule has 0 bridgehead atoms. The largest absolute Gasteiger partial charge is 0.462 e. The summed E-state index contributed by atoms with van der Waals surface area (Å²) in [6, 6.07) is 7.94. The zero-order valence-electron chi connectivity index (χ0n) is 14.1. The van der Waals surface area contributed by atoms with Crippen LogP contribution in [0.5, 0.6) is 0 Å². The number of carbonyl (C=O) groups is 1. The summed E-state index contributed by atoms with van der Waals surface area (Å²) in [5.74, 6) is -0.928. The minimum Gasteiger partial charge on any atom is -0.462 e. The minimum atomic E-state index is -3.65. The summed E-state index contributed by atoms with van der Waals surface area (Å²) in [6.45, 7) is 3.55. The third-order valence-corrected chi connectivity index (χ3v) is 6.55. The van der Waals surface area contributed by atoms with Crippen molar-refractivity contribution in [2.24, 2.45) is 0 Å². The number of hydrogen-bond donors (Lipinski definition) is 1. The van der Waals surface area contributed by atoms with Crippen LogP contribution in [-0.2, 0) is 20.3 Å². The summed E-state index contributed by atoms with van der Waals surface area (Å²) in [4.78, 5) is 31.9. The number of aryl methyl sites for hydroxylation is 1. The number of ether oxygens (including phenoxy) is 1. The molecule has 2 aromatic heterocycles. The summed E-state index contributed by atoms with van der Waals surface area (Å²) in [6.07, 6.45) is 0. The van der Waals surface area contributed by atoms with Gasteiger partial charge < -0.3 is 9.72 Å². The van der Waals surface area contributed by atoms with Gasteiger partial charge >= 0.3 is 5.97 Å². The van der Waals surface area contributed by atoms with Crippen LogP contribution in [-0.4, -0.2) is 31.0 Å². The van der Waals surface area contributed by atoms with E-state index >= 15 is 0 Å². The predicted molar refractivity (Wildman–Crippen MR) is 98.3 cm³/mol. The first kappa shape index (κ1) is 18.3. The molecule has 136 valence electrons. The Labute approximate surface area is 153 Å². The Morgan fingerprint density at radius 1 is 1.27 bits per heavy atom. The molecule has 9 heteroatoms. The Morgan fingerprint density at radius 3 is 2.62 bits per heavy atom. The zero-order valence-corrected chi connectivity index (χ0v) is 15.7. The highest BCUT2D eigenvalue weighted by Gasteiger charge is 2.22. The monoisotopic (exact) mass is 392 g/mol. The van der Waals surface area contributed by atoms with E-state index in [1.165, 1.54) is 12.1 Å². The first-order chi connectivity index (χ1) is 12.3. The quantitative estimate of drug-likeness (QED) is 0.669. The van der Waals surface area contributed by atoms with Gasteiger partial charge in [-0.2, -0.15) is 0 Å². The molecule has 1 aromatic carbocycles. The summed E-state index contributed by atoms with van der Waals surface area (Å²) in [7, 11) is -3.65. The number of thiophene rings is 1. The zero-order chi connectivity index (χ0) is 18.9. The molecule has 0 saturated carbocycles. The van der Waals surface area contributed by atoms with Crippen molar-refractivity contribution in [1.29, 1.82) is 0 Å². The SMILES string of the molecule is CCOC(=O)c1sc2nc(CS(=O)(=O)c3ccccc3)[nH]c(=O)c2c1C. The highest BCUT2D eigenvalue weighted by atomic mass is 32.2. The number of benzene rings is 1. The molecule has 0 aliphatic heterocycles. The van der Waals surface area contributed by atoms with Crippen LogP contribution in [0, 0.1) is 6.92 Å². The number of hydrogen-bond acceptors (Lipinski definition) is 7. The molecule has 0 fully saturated rings. The second-order valence-electron chi connectivity index (χ2n) is 5.54. The highest BCUT2D eigenvalue weighted by molar-refractivity contribution is 7.90. The van der Waals surface area contributed by atoms with Gasteiger partial charge in [0.15, 0.2) is 9.84 Å². The average molecular weight is 392 g/mol. The number of rotatable bonds is 5. The molecule has 7 nitrogen and oxygen atoms in total. The van der Waals surface area contributed by atoms with Crippen molar-refractivity contribution in [3.63, 3.8) is 0 Å².